The number of benzene rings is 1. The van der Waals surface area contributed by atoms with E-state index in [9.17, 15) is 18.3 Å². The van der Waals surface area contributed by atoms with E-state index in [0.717, 1.165) is 25.2 Å². The first-order valence-corrected chi connectivity index (χ1v) is 13.5. The number of carbonyl (C=O) groups excluding carboxylic acids is 1. The number of aliphatic hydroxyl groups is 1. The number of hydrogen-bond acceptors (Lipinski definition) is 7. The summed E-state index contributed by atoms with van der Waals surface area (Å²) in [5.74, 6) is -0.286. The second-order valence-corrected chi connectivity index (χ2v) is 11.1. The molecule has 1 amide bonds. The molecule has 9 nitrogen and oxygen atoms in total. The molecule has 0 saturated carbocycles. The summed E-state index contributed by atoms with van der Waals surface area (Å²) in [4.78, 5) is 19.0. The van der Waals surface area contributed by atoms with Gasteiger partial charge in [-0.1, -0.05) is 24.3 Å². The number of hydrogen-bond donors (Lipinski definition) is 3. The SMILES string of the molecule is CS(=O)(=O)N1CCC(Nc2cncc(C(=O)NC[C@H](O)CN3CCc4ccccc4C3)c2)CC1. The van der Waals surface area contributed by atoms with Crippen LogP contribution in [0.15, 0.2) is 42.7 Å². The zero-order valence-electron chi connectivity index (χ0n) is 19.5. The molecule has 2 aliphatic heterocycles. The molecule has 1 fully saturated rings. The number of nitrogens with zero attached hydrogens (tertiary/aromatic N) is 3. The van der Waals surface area contributed by atoms with Gasteiger partial charge in [-0.25, -0.2) is 12.7 Å². The van der Waals surface area contributed by atoms with E-state index < -0.39 is 16.1 Å². The first kappa shape index (κ1) is 24.6. The number of aromatic nitrogens is 1. The molecule has 0 unspecified atom stereocenters. The van der Waals surface area contributed by atoms with Crippen molar-refractivity contribution >= 4 is 21.6 Å². The molecule has 0 aliphatic carbocycles. The summed E-state index contributed by atoms with van der Waals surface area (Å²) in [5.41, 5.74) is 3.79. The van der Waals surface area contributed by atoms with Crippen LogP contribution in [0.4, 0.5) is 5.69 Å². The third-order valence-electron chi connectivity index (χ3n) is 6.47. The van der Waals surface area contributed by atoms with E-state index in [4.69, 9.17) is 0 Å². The molecular formula is C24H33N5O4S. The lowest BCUT2D eigenvalue weighted by Crippen LogP contribution is -2.42. The summed E-state index contributed by atoms with van der Waals surface area (Å²) in [7, 11) is -3.16. The van der Waals surface area contributed by atoms with Crippen LogP contribution in [0.25, 0.3) is 0 Å². The monoisotopic (exact) mass is 487 g/mol. The van der Waals surface area contributed by atoms with Crippen molar-refractivity contribution in [3.8, 4) is 0 Å². The van der Waals surface area contributed by atoms with Crippen molar-refractivity contribution in [1.82, 2.24) is 19.5 Å². The molecular weight excluding hydrogens is 454 g/mol. The number of pyridine rings is 1. The molecule has 4 rings (SSSR count). The summed E-state index contributed by atoms with van der Waals surface area (Å²) in [6, 6.07) is 10.2. The molecule has 0 spiro atoms. The number of nitrogens with one attached hydrogen (secondary N) is 2. The van der Waals surface area contributed by atoms with E-state index in [0.29, 0.717) is 38.0 Å². The van der Waals surface area contributed by atoms with Crippen LogP contribution < -0.4 is 10.6 Å². The van der Waals surface area contributed by atoms with Crippen molar-refractivity contribution in [3.05, 3.63) is 59.4 Å². The summed E-state index contributed by atoms with van der Waals surface area (Å²) < 4.78 is 24.8. The molecule has 2 aromatic rings. The van der Waals surface area contributed by atoms with Gasteiger partial charge in [0.15, 0.2) is 0 Å². The lowest BCUT2D eigenvalue weighted by Gasteiger charge is -2.31. The number of sulfonamides is 1. The van der Waals surface area contributed by atoms with Crippen molar-refractivity contribution in [2.24, 2.45) is 0 Å². The highest BCUT2D eigenvalue weighted by Crippen LogP contribution is 2.19. The van der Waals surface area contributed by atoms with Gasteiger partial charge in [-0.05, 0) is 36.5 Å². The molecule has 3 heterocycles. The van der Waals surface area contributed by atoms with Gasteiger partial charge < -0.3 is 15.7 Å². The lowest BCUT2D eigenvalue weighted by molar-refractivity contribution is 0.0841. The van der Waals surface area contributed by atoms with Gasteiger partial charge in [0.25, 0.3) is 5.91 Å². The Bertz CT molecular complexity index is 1100. The number of piperidine rings is 1. The molecule has 0 radical (unpaired) electrons. The molecule has 1 saturated heterocycles. The smallest absolute Gasteiger partial charge is 0.253 e. The summed E-state index contributed by atoms with van der Waals surface area (Å²) in [6.07, 6.45) is 6.07. The predicted molar refractivity (Wildman–Crippen MR) is 131 cm³/mol. The van der Waals surface area contributed by atoms with Gasteiger partial charge in [-0.15, -0.1) is 0 Å². The average molecular weight is 488 g/mol. The van der Waals surface area contributed by atoms with Gasteiger partial charge >= 0.3 is 0 Å². The van der Waals surface area contributed by atoms with Crippen LogP contribution >= 0.6 is 0 Å². The van der Waals surface area contributed by atoms with E-state index in [1.165, 1.54) is 27.9 Å². The van der Waals surface area contributed by atoms with Crippen LogP contribution in [0.1, 0.15) is 34.3 Å². The highest BCUT2D eigenvalue weighted by Gasteiger charge is 2.25. The van der Waals surface area contributed by atoms with Crippen molar-refractivity contribution in [2.75, 3.05) is 44.3 Å². The Morgan fingerprint density at radius 2 is 1.91 bits per heavy atom. The summed E-state index contributed by atoms with van der Waals surface area (Å²) in [6.45, 7) is 3.32. The maximum absolute atomic E-state index is 12.6. The molecule has 1 aromatic heterocycles. The van der Waals surface area contributed by atoms with Crippen molar-refractivity contribution in [2.45, 2.75) is 38.0 Å². The number of aliphatic hydroxyl groups excluding tert-OH is 1. The Hall–Kier alpha value is -2.53. The predicted octanol–water partition coefficient (Wildman–Crippen LogP) is 1.07. The topological polar surface area (TPSA) is 115 Å². The van der Waals surface area contributed by atoms with Crippen LogP contribution in [0.5, 0.6) is 0 Å². The largest absolute Gasteiger partial charge is 0.390 e. The van der Waals surface area contributed by atoms with E-state index in [-0.39, 0.29) is 18.5 Å². The molecule has 184 valence electrons. The minimum atomic E-state index is -3.16. The molecule has 1 atom stereocenters. The van der Waals surface area contributed by atoms with Gasteiger partial charge in [0, 0.05) is 57.7 Å². The first-order valence-electron chi connectivity index (χ1n) is 11.7. The summed E-state index contributed by atoms with van der Waals surface area (Å²) in [5, 5.41) is 16.6. The van der Waals surface area contributed by atoms with Gasteiger partial charge in [-0.2, -0.15) is 0 Å². The lowest BCUT2D eigenvalue weighted by atomic mass is 10.00. The van der Waals surface area contributed by atoms with E-state index in [1.54, 1.807) is 12.3 Å². The normalized spacial score (nSPS) is 18.8. The Morgan fingerprint density at radius 3 is 2.65 bits per heavy atom. The number of amides is 1. The van der Waals surface area contributed by atoms with Gasteiger partial charge in [-0.3, -0.25) is 14.7 Å². The highest BCUT2D eigenvalue weighted by molar-refractivity contribution is 7.88. The molecule has 0 bridgehead atoms. The van der Waals surface area contributed by atoms with E-state index in [1.807, 2.05) is 6.07 Å². The van der Waals surface area contributed by atoms with Crippen LogP contribution in [-0.2, 0) is 23.0 Å². The number of fused-ring (bicyclic) bond motifs is 1. The van der Waals surface area contributed by atoms with Gasteiger partial charge in [0.05, 0.1) is 23.6 Å². The fourth-order valence-corrected chi connectivity index (χ4v) is 5.47. The zero-order chi connectivity index (χ0) is 24.1. The molecule has 10 heteroatoms. The molecule has 34 heavy (non-hydrogen) atoms. The van der Waals surface area contributed by atoms with E-state index in [2.05, 4.69) is 38.7 Å². The number of anilines is 1. The second kappa shape index (κ2) is 10.8. The van der Waals surface area contributed by atoms with Crippen molar-refractivity contribution in [3.63, 3.8) is 0 Å². The minimum absolute atomic E-state index is 0.120. The van der Waals surface area contributed by atoms with Gasteiger partial charge in [0.1, 0.15) is 0 Å². The van der Waals surface area contributed by atoms with Crippen LogP contribution in [0.2, 0.25) is 0 Å². The van der Waals surface area contributed by atoms with Crippen molar-refractivity contribution in [1.29, 1.82) is 0 Å². The first-order chi connectivity index (χ1) is 16.3. The standard InChI is InChI=1S/C24H33N5O4S/c1-34(32,33)29-10-7-21(8-11-29)27-22-12-20(13-25-14-22)24(31)26-15-23(30)17-28-9-6-18-4-2-3-5-19(18)16-28/h2-5,12-14,21,23,27,30H,6-11,15-17H2,1H3,(H,26,31)/t23-/m0/s1. The maximum atomic E-state index is 12.6. The quantitative estimate of drug-likeness (QED) is 0.510. The van der Waals surface area contributed by atoms with Crippen LogP contribution in [-0.4, -0.2) is 84.7 Å². The Morgan fingerprint density at radius 1 is 1.18 bits per heavy atom. The molecule has 3 N–H and O–H groups in total. The molecule has 2 aliphatic rings. The Balaban J connectivity index is 1.23. The third-order valence-corrected chi connectivity index (χ3v) is 7.77. The van der Waals surface area contributed by atoms with Crippen LogP contribution in [0, 0.1) is 0 Å². The zero-order valence-corrected chi connectivity index (χ0v) is 20.3. The number of carbonyl (C=O) groups is 1. The minimum Gasteiger partial charge on any atom is -0.390 e. The number of rotatable bonds is 8. The van der Waals surface area contributed by atoms with Crippen LogP contribution in [0.3, 0.4) is 0 Å². The molecule has 1 aromatic carbocycles. The van der Waals surface area contributed by atoms with E-state index >= 15 is 0 Å². The fraction of sp³-hybridized carbons (Fsp3) is 0.500. The average Bonchev–Trinajstić information content (AvgIpc) is 2.82. The highest BCUT2D eigenvalue weighted by atomic mass is 32.2. The van der Waals surface area contributed by atoms with Gasteiger partial charge in [0.2, 0.25) is 10.0 Å². The third kappa shape index (κ3) is 6.53. The second-order valence-electron chi connectivity index (χ2n) is 9.16. The summed E-state index contributed by atoms with van der Waals surface area (Å²) >= 11 is 0. The Labute approximate surface area is 201 Å². The van der Waals surface area contributed by atoms with Crippen molar-refractivity contribution < 1.29 is 18.3 Å². The maximum Gasteiger partial charge on any atom is 0.253 e. The Kier molecular flexibility index (Phi) is 7.82. The fourth-order valence-electron chi connectivity index (χ4n) is 4.60. The number of β-amino-alcohol motifs (C(OH)–C–C–N with tert-alkyl or cyclic N) is 1.